The Morgan fingerprint density at radius 3 is 2.53 bits per heavy atom. The molecule has 1 aromatic rings. The van der Waals surface area contributed by atoms with Crippen LogP contribution in [-0.2, 0) is 15.6 Å². The molecule has 2 rings (SSSR count). The summed E-state index contributed by atoms with van der Waals surface area (Å²) in [6.07, 6.45) is 6.58. The summed E-state index contributed by atoms with van der Waals surface area (Å²) in [6.45, 7) is 3.86. The van der Waals surface area contributed by atoms with E-state index in [1.807, 2.05) is 0 Å². The van der Waals surface area contributed by atoms with Crippen molar-refractivity contribution >= 4 is 19.7 Å². The highest BCUT2D eigenvalue weighted by atomic mass is 35.7. The highest BCUT2D eigenvalue weighted by molar-refractivity contribution is 8.13. The van der Waals surface area contributed by atoms with Gasteiger partial charge < -0.3 is 4.90 Å². The average Bonchev–Trinajstić information content (AvgIpc) is 2.76. The van der Waals surface area contributed by atoms with Crippen molar-refractivity contribution in [3.05, 3.63) is 12.4 Å². The van der Waals surface area contributed by atoms with E-state index in [0.29, 0.717) is 6.54 Å². The SMILES string of the molecule is O=S(=O)(Cl)c1cnn(CCN2CCCCC2)c1. The number of rotatable bonds is 4. The van der Waals surface area contributed by atoms with Gasteiger partial charge in [-0.3, -0.25) is 4.68 Å². The number of halogens is 1. The minimum absolute atomic E-state index is 0.0674. The summed E-state index contributed by atoms with van der Waals surface area (Å²) in [5.74, 6) is 0. The van der Waals surface area contributed by atoms with E-state index in [1.165, 1.54) is 31.7 Å². The van der Waals surface area contributed by atoms with Crippen LogP contribution in [0.25, 0.3) is 0 Å². The Morgan fingerprint density at radius 2 is 1.94 bits per heavy atom. The molecular weight excluding hydrogens is 262 g/mol. The van der Waals surface area contributed by atoms with Crippen molar-refractivity contribution in [1.82, 2.24) is 14.7 Å². The van der Waals surface area contributed by atoms with Gasteiger partial charge in [-0.2, -0.15) is 5.10 Å². The molecule has 1 fully saturated rings. The third-order valence-corrected chi connectivity index (χ3v) is 4.29. The van der Waals surface area contributed by atoms with E-state index in [1.54, 1.807) is 4.68 Å². The minimum Gasteiger partial charge on any atom is -0.301 e. The predicted octanol–water partition coefficient (Wildman–Crippen LogP) is 1.30. The summed E-state index contributed by atoms with van der Waals surface area (Å²) in [6, 6.07) is 0. The fourth-order valence-corrected chi connectivity index (χ4v) is 2.68. The van der Waals surface area contributed by atoms with Crippen LogP contribution in [0, 0.1) is 0 Å². The van der Waals surface area contributed by atoms with Gasteiger partial charge in [-0.15, -0.1) is 0 Å². The zero-order valence-corrected chi connectivity index (χ0v) is 11.1. The van der Waals surface area contributed by atoms with Gasteiger partial charge in [0, 0.05) is 23.4 Å². The van der Waals surface area contributed by atoms with Gasteiger partial charge in [0.15, 0.2) is 0 Å². The molecule has 2 heterocycles. The fraction of sp³-hybridized carbons (Fsp3) is 0.700. The maximum atomic E-state index is 11.1. The minimum atomic E-state index is -3.65. The lowest BCUT2D eigenvalue weighted by Gasteiger charge is -2.26. The average molecular weight is 278 g/mol. The third kappa shape index (κ3) is 3.69. The first-order valence-electron chi connectivity index (χ1n) is 5.75. The van der Waals surface area contributed by atoms with Gasteiger partial charge in [0.1, 0.15) is 4.90 Å². The zero-order chi connectivity index (χ0) is 12.3. The van der Waals surface area contributed by atoms with Gasteiger partial charge in [0.25, 0.3) is 9.05 Å². The van der Waals surface area contributed by atoms with Gasteiger partial charge in [-0.25, -0.2) is 8.42 Å². The maximum absolute atomic E-state index is 11.1. The second-order valence-corrected chi connectivity index (χ2v) is 6.85. The summed E-state index contributed by atoms with van der Waals surface area (Å²) in [7, 11) is 1.58. The first-order valence-corrected chi connectivity index (χ1v) is 8.06. The van der Waals surface area contributed by atoms with Crippen LogP contribution in [0.3, 0.4) is 0 Å². The van der Waals surface area contributed by atoms with Crippen molar-refractivity contribution in [2.75, 3.05) is 19.6 Å². The highest BCUT2D eigenvalue weighted by Crippen LogP contribution is 2.13. The highest BCUT2D eigenvalue weighted by Gasteiger charge is 2.13. The van der Waals surface area contributed by atoms with E-state index in [9.17, 15) is 8.42 Å². The molecule has 1 aliphatic heterocycles. The Balaban J connectivity index is 1.89. The Morgan fingerprint density at radius 1 is 1.24 bits per heavy atom. The van der Waals surface area contributed by atoms with Crippen LogP contribution in [0.5, 0.6) is 0 Å². The standard InChI is InChI=1S/C10H16ClN3O2S/c11-17(15,16)10-8-12-14(9-10)7-6-13-4-2-1-3-5-13/h8-9H,1-7H2. The fourth-order valence-electron chi connectivity index (χ4n) is 2.02. The van der Waals surface area contributed by atoms with Crippen LogP contribution in [0.1, 0.15) is 19.3 Å². The van der Waals surface area contributed by atoms with Gasteiger partial charge in [0.2, 0.25) is 0 Å². The lowest BCUT2D eigenvalue weighted by atomic mass is 10.1. The van der Waals surface area contributed by atoms with Crippen LogP contribution < -0.4 is 0 Å². The summed E-state index contributed by atoms with van der Waals surface area (Å²) in [4.78, 5) is 2.44. The number of aromatic nitrogens is 2. The van der Waals surface area contributed by atoms with Crippen molar-refractivity contribution in [3.8, 4) is 0 Å². The molecular formula is C10H16ClN3O2S. The lowest BCUT2D eigenvalue weighted by Crippen LogP contribution is -2.32. The summed E-state index contributed by atoms with van der Waals surface area (Å²) < 4.78 is 23.7. The molecule has 7 heteroatoms. The van der Waals surface area contributed by atoms with Crippen molar-refractivity contribution in [2.45, 2.75) is 30.7 Å². The van der Waals surface area contributed by atoms with E-state index < -0.39 is 9.05 Å². The molecule has 0 aliphatic carbocycles. The smallest absolute Gasteiger partial charge is 0.264 e. The van der Waals surface area contributed by atoms with Crippen molar-refractivity contribution in [1.29, 1.82) is 0 Å². The van der Waals surface area contributed by atoms with Gasteiger partial charge in [-0.1, -0.05) is 6.42 Å². The monoisotopic (exact) mass is 277 g/mol. The molecule has 1 aliphatic rings. The second-order valence-electron chi connectivity index (χ2n) is 4.28. The Hall–Kier alpha value is -0.590. The van der Waals surface area contributed by atoms with Crippen LogP contribution in [-0.4, -0.2) is 42.7 Å². The molecule has 1 aromatic heterocycles. The molecule has 17 heavy (non-hydrogen) atoms. The summed E-state index contributed by atoms with van der Waals surface area (Å²) >= 11 is 0. The van der Waals surface area contributed by atoms with E-state index in [-0.39, 0.29) is 4.90 Å². The molecule has 0 atom stereocenters. The van der Waals surface area contributed by atoms with Crippen LogP contribution in [0.2, 0.25) is 0 Å². The van der Waals surface area contributed by atoms with Crippen molar-refractivity contribution < 1.29 is 8.42 Å². The Bertz CT molecular complexity index is 466. The predicted molar refractivity (Wildman–Crippen MR) is 65.6 cm³/mol. The Kier molecular flexibility index (Phi) is 4.06. The van der Waals surface area contributed by atoms with E-state index in [0.717, 1.165) is 19.6 Å². The second kappa shape index (κ2) is 5.37. The van der Waals surface area contributed by atoms with E-state index in [2.05, 4.69) is 10.00 Å². The maximum Gasteiger partial charge on any atom is 0.264 e. The summed E-state index contributed by atoms with van der Waals surface area (Å²) in [5, 5.41) is 3.99. The van der Waals surface area contributed by atoms with Crippen LogP contribution in [0.4, 0.5) is 0 Å². The zero-order valence-electron chi connectivity index (χ0n) is 9.55. The first kappa shape index (κ1) is 12.9. The first-order chi connectivity index (χ1) is 8.05. The number of piperidine rings is 1. The topological polar surface area (TPSA) is 55.2 Å². The van der Waals surface area contributed by atoms with E-state index >= 15 is 0 Å². The molecule has 0 unspecified atom stereocenters. The molecule has 96 valence electrons. The van der Waals surface area contributed by atoms with Crippen molar-refractivity contribution in [2.24, 2.45) is 0 Å². The molecule has 0 N–H and O–H groups in total. The normalized spacial score (nSPS) is 18.4. The van der Waals surface area contributed by atoms with Gasteiger partial charge in [-0.05, 0) is 25.9 Å². The number of hydrogen-bond acceptors (Lipinski definition) is 4. The molecule has 1 saturated heterocycles. The Labute approximate surface area is 106 Å². The largest absolute Gasteiger partial charge is 0.301 e. The molecule has 0 amide bonds. The van der Waals surface area contributed by atoms with Crippen LogP contribution >= 0.6 is 10.7 Å². The quantitative estimate of drug-likeness (QED) is 0.779. The van der Waals surface area contributed by atoms with E-state index in [4.69, 9.17) is 10.7 Å². The molecule has 0 radical (unpaired) electrons. The molecule has 5 nitrogen and oxygen atoms in total. The molecule has 0 aromatic carbocycles. The van der Waals surface area contributed by atoms with Gasteiger partial charge in [0.05, 0.1) is 12.7 Å². The van der Waals surface area contributed by atoms with Gasteiger partial charge >= 0.3 is 0 Å². The summed E-state index contributed by atoms with van der Waals surface area (Å²) in [5.41, 5.74) is 0. The third-order valence-electron chi connectivity index (χ3n) is 2.99. The van der Waals surface area contributed by atoms with Crippen molar-refractivity contribution in [3.63, 3.8) is 0 Å². The molecule has 0 saturated carbocycles. The number of likely N-dealkylation sites (tertiary alicyclic amines) is 1. The molecule has 0 bridgehead atoms. The molecule has 0 spiro atoms. The lowest BCUT2D eigenvalue weighted by molar-refractivity contribution is 0.218. The van der Waals surface area contributed by atoms with Crippen LogP contribution in [0.15, 0.2) is 17.3 Å². The number of nitrogens with zero attached hydrogens (tertiary/aromatic N) is 3. The number of hydrogen-bond donors (Lipinski definition) is 0.